The molecule has 0 bridgehead atoms. The number of nitrogens with two attached hydrogens (primary N) is 1. The molecule has 0 spiro atoms. The second kappa shape index (κ2) is 10.6. The van der Waals surface area contributed by atoms with E-state index in [1.165, 1.54) is 31.5 Å². The van der Waals surface area contributed by atoms with Gasteiger partial charge in [0.25, 0.3) is 0 Å². The summed E-state index contributed by atoms with van der Waals surface area (Å²) in [4.78, 5) is 6.93. The molecular weight excluding hydrogens is 458 g/mol. The van der Waals surface area contributed by atoms with Gasteiger partial charge in [0, 0.05) is 25.2 Å². The lowest BCUT2D eigenvalue weighted by molar-refractivity contribution is 0.273. The van der Waals surface area contributed by atoms with Crippen LogP contribution in [0.2, 0.25) is 0 Å². The zero-order valence-electron chi connectivity index (χ0n) is 15.6. The van der Waals surface area contributed by atoms with Crippen molar-refractivity contribution in [2.75, 3.05) is 26.2 Å². The Hall–Kier alpha value is -1.68. The van der Waals surface area contributed by atoms with E-state index in [1.54, 1.807) is 16.8 Å². The van der Waals surface area contributed by atoms with Gasteiger partial charge in [0.15, 0.2) is 5.96 Å². The van der Waals surface area contributed by atoms with E-state index < -0.39 is 0 Å². The minimum atomic E-state index is -0.250. The number of aliphatic imine (C=N–C) groups is 1. The number of hydrogen-bond acceptors (Lipinski definition) is 3. The van der Waals surface area contributed by atoms with E-state index in [0.29, 0.717) is 18.5 Å². The molecule has 1 aliphatic heterocycles. The van der Waals surface area contributed by atoms with Crippen LogP contribution in [0.4, 0.5) is 4.39 Å². The Labute approximate surface area is 177 Å². The van der Waals surface area contributed by atoms with Gasteiger partial charge < -0.3 is 11.1 Å². The molecule has 0 aliphatic carbocycles. The van der Waals surface area contributed by atoms with Crippen LogP contribution in [-0.4, -0.2) is 52.9 Å². The first-order valence-electron chi connectivity index (χ1n) is 9.24. The van der Waals surface area contributed by atoms with Crippen molar-refractivity contribution in [2.24, 2.45) is 10.7 Å². The summed E-state index contributed by atoms with van der Waals surface area (Å²) in [5, 5.41) is 7.66. The molecule has 0 amide bonds. The first-order chi connectivity index (χ1) is 12.7. The number of hydrogen-bond donors (Lipinski definition) is 2. The SMILES string of the molecule is CCN1CCCC1CN=C(N)NCCc1ccn(-c2ccc(F)cc2)n1.I. The normalized spacial score (nSPS) is 17.7. The predicted molar refractivity (Wildman–Crippen MR) is 117 cm³/mol. The Morgan fingerprint density at radius 2 is 2.11 bits per heavy atom. The van der Waals surface area contributed by atoms with Gasteiger partial charge in [-0.1, -0.05) is 6.92 Å². The molecule has 1 aliphatic rings. The predicted octanol–water partition coefficient (Wildman–Crippen LogP) is 2.56. The lowest BCUT2D eigenvalue weighted by Gasteiger charge is -2.20. The fraction of sp³-hybridized carbons (Fsp3) is 0.474. The van der Waals surface area contributed by atoms with E-state index in [0.717, 1.165) is 30.9 Å². The number of nitrogens with zero attached hydrogens (tertiary/aromatic N) is 4. The molecule has 2 aromatic rings. The monoisotopic (exact) mass is 486 g/mol. The lowest BCUT2D eigenvalue weighted by Crippen LogP contribution is -2.36. The van der Waals surface area contributed by atoms with Crippen molar-refractivity contribution in [3.63, 3.8) is 0 Å². The number of nitrogens with one attached hydrogen (secondary N) is 1. The third kappa shape index (κ3) is 6.17. The van der Waals surface area contributed by atoms with E-state index in [-0.39, 0.29) is 29.8 Å². The minimum absolute atomic E-state index is 0. The van der Waals surface area contributed by atoms with Gasteiger partial charge in [0.05, 0.1) is 17.9 Å². The van der Waals surface area contributed by atoms with Gasteiger partial charge in [-0.05, 0) is 56.3 Å². The zero-order chi connectivity index (χ0) is 18.4. The lowest BCUT2D eigenvalue weighted by atomic mass is 10.2. The maximum Gasteiger partial charge on any atom is 0.188 e. The zero-order valence-corrected chi connectivity index (χ0v) is 18.0. The van der Waals surface area contributed by atoms with Crippen molar-refractivity contribution in [2.45, 2.75) is 32.2 Å². The van der Waals surface area contributed by atoms with Gasteiger partial charge in [-0.25, -0.2) is 9.07 Å². The van der Waals surface area contributed by atoms with E-state index >= 15 is 0 Å². The molecule has 148 valence electrons. The number of rotatable bonds is 7. The van der Waals surface area contributed by atoms with Gasteiger partial charge in [-0.15, -0.1) is 24.0 Å². The summed E-state index contributed by atoms with van der Waals surface area (Å²) >= 11 is 0. The molecular formula is C19H28FIN6. The number of guanidine groups is 1. The van der Waals surface area contributed by atoms with E-state index in [2.05, 4.69) is 27.2 Å². The average Bonchev–Trinajstić information content (AvgIpc) is 3.29. The molecule has 2 heterocycles. The molecule has 1 aromatic carbocycles. The smallest absolute Gasteiger partial charge is 0.188 e. The number of aromatic nitrogens is 2. The summed E-state index contributed by atoms with van der Waals surface area (Å²) in [7, 11) is 0. The Morgan fingerprint density at radius 1 is 1.33 bits per heavy atom. The second-order valence-corrected chi connectivity index (χ2v) is 6.56. The van der Waals surface area contributed by atoms with Crippen molar-refractivity contribution in [1.29, 1.82) is 0 Å². The van der Waals surface area contributed by atoms with Crippen LogP contribution in [0.5, 0.6) is 0 Å². The topological polar surface area (TPSA) is 71.5 Å². The second-order valence-electron chi connectivity index (χ2n) is 6.56. The molecule has 1 fully saturated rings. The van der Waals surface area contributed by atoms with E-state index in [1.807, 2.05) is 12.3 Å². The quantitative estimate of drug-likeness (QED) is 0.359. The maximum absolute atomic E-state index is 13.0. The van der Waals surface area contributed by atoms with Gasteiger partial charge >= 0.3 is 0 Å². The van der Waals surface area contributed by atoms with Crippen LogP contribution in [0, 0.1) is 5.82 Å². The number of likely N-dealkylation sites (tertiary alicyclic amines) is 1. The van der Waals surface area contributed by atoms with Gasteiger partial charge in [0.2, 0.25) is 0 Å². The number of likely N-dealkylation sites (N-methyl/N-ethyl adjacent to an activating group) is 1. The molecule has 8 heteroatoms. The summed E-state index contributed by atoms with van der Waals surface area (Å²) in [5.41, 5.74) is 7.76. The molecule has 1 atom stereocenters. The van der Waals surface area contributed by atoms with Crippen molar-refractivity contribution in [1.82, 2.24) is 20.0 Å². The highest BCUT2D eigenvalue weighted by atomic mass is 127. The fourth-order valence-electron chi connectivity index (χ4n) is 3.33. The Balaban J connectivity index is 0.00000261. The fourth-order valence-corrected chi connectivity index (χ4v) is 3.33. The average molecular weight is 486 g/mol. The minimum Gasteiger partial charge on any atom is -0.370 e. The molecule has 3 rings (SSSR count). The van der Waals surface area contributed by atoms with E-state index in [9.17, 15) is 4.39 Å². The maximum atomic E-state index is 13.0. The Bertz CT molecular complexity index is 730. The molecule has 1 saturated heterocycles. The van der Waals surface area contributed by atoms with Crippen LogP contribution in [0.3, 0.4) is 0 Å². The summed E-state index contributed by atoms with van der Waals surface area (Å²) in [6.07, 6.45) is 5.07. The van der Waals surface area contributed by atoms with Crippen LogP contribution in [0.15, 0.2) is 41.5 Å². The van der Waals surface area contributed by atoms with Gasteiger partial charge in [-0.2, -0.15) is 5.10 Å². The van der Waals surface area contributed by atoms with Crippen LogP contribution >= 0.6 is 24.0 Å². The van der Waals surface area contributed by atoms with E-state index in [4.69, 9.17) is 5.73 Å². The first kappa shape index (κ1) is 21.6. The third-order valence-corrected chi connectivity index (χ3v) is 4.80. The van der Waals surface area contributed by atoms with Crippen molar-refractivity contribution in [3.8, 4) is 5.69 Å². The standard InChI is InChI=1S/C19H27FN6.HI/c1-2-25-12-3-4-18(25)14-23-19(21)22-11-9-16-10-13-26(24-16)17-7-5-15(20)6-8-17;/h5-8,10,13,18H,2-4,9,11-12,14H2,1H3,(H3,21,22,23);1H. The van der Waals surface area contributed by atoms with Crippen molar-refractivity contribution >= 4 is 29.9 Å². The molecule has 1 aromatic heterocycles. The van der Waals surface area contributed by atoms with Gasteiger partial charge in [0.1, 0.15) is 5.82 Å². The Morgan fingerprint density at radius 3 is 2.85 bits per heavy atom. The summed E-state index contributed by atoms with van der Waals surface area (Å²) in [6.45, 7) is 5.86. The molecule has 0 saturated carbocycles. The van der Waals surface area contributed by atoms with Gasteiger partial charge in [-0.3, -0.25) is 9.89 Å². The highest BCUT2D eigenvalue weighted by Crippen LogP contribution is 2.16. The Kier molecular flexibility index (Phi) is 8.49. The summed E-state index contributed by atoms with van der Waals surface area (Å²) in [6, 6.07) is 8.75. The summed E-state index contributed by atoms with van der Waals surface area (Å²) < 4.78 is 14.7. The molecule has 6 nitrogen and oxygen atoms in total. The highest BCUT2D eigenvalue weighted by molar-refractivity contribution is 14.0. The van der Waals surface area contributed by atoms with Crippen molar-refractivity contribution in [3.05, 3.63) is 48.0 Å². The summed E-state index contributed by atoms with van der Waals surface area (Å²) in [5.74, 6) is 0.241. The van der Waals surface area contributed by atoms with Crippen LogP contribution in [0.25, 0.3) is 5.69 Å². The number of halogens is 2. The molecule has 1 unspecified atom stereocenters. The largest absolute Gasteiger partial charge is 0.370 e. The highest BCUT2D eigenvalue weighted by Gasteiger charge is 2.22. The first-order valence-corrected chi connectivity index (χ1v) is 9.24. The van der Waals surface area contributed by atoms with Crippen molar-refractivity contribution < 1.29 is 4.39 Å². The van der Waals surface area contributed by atoms with Crippen LogP contribution in [-0.2, 0) is 6.42 Å². The van der Waals surface area contributed by atoms with Crippen LogP contribution in [0.1, 0.15) is 25.5 Å². The number of benzene rings is 1. The molecule has 3 N–H and O–H groups in total. The molecule has 0 radical (unpaired) electrons. The molecule has 27 heavy (non-hydrogen) atoms. The third-order valence-electron chi connectivity index (χ3n) is 4.80. The van der Waals surface area contributed by atoms with Crippen LogP contribution < -0.4 is 11.1 Å².